The number of aromatic nitrogens is 1. The number of hydrogen-bond donors (Lipinski definition) is 1. The molecule has 0 radical (unpaired) electrons. The molecule has 3 rings (SSSR count). The molecule has 136 valence electrons. The fraction of sp³-hybridized carbons (Fsp3) is 0.211. The average molecular weight is 389 g/mol. The number of nitrogens with zero attached hydrogens (tertiary/aromatic N) is 1. The number of thiazole rings is 1. The van der Waals surface area contributed by atoms with E-state index in [2.05, 4.69) is 9.71 Å². The minimum atomic E-state index is -3.81. The Morgan fingerprint density at radius 3 is 2.46 bits per heavy atom. The lowest BCUT2D eigenvalue weighted by molar-refractivity contribution is 0.403. The van der Waals surface area contributed by atoms with Gasteiger partial charge in [-0.2, -0.15) is 0 Å². The maximum Gasteiger partial charge on any atom is 0.265 e. The molecule has 0 bridgehead atoms. The smallest absolute Gasteiger partial charge is 0.265 e. The van der Waals surface area contributed by atoms with E-state index in [9.17, 15) is 8.42 Å². The molecule has 0 aliphatic carbocycles. The number of nitrogens with one attached hydrogen (secondary N) is 1. The van der Waals surface area contributed by atoms with Crippen molar-refractivity contribution in [1.82, 2.24) is 4.98 Å². The monoisotopic (exact) mass is 388 g/mol. The highest BCUT2D eigenvalue weighted by Gasteiger charge is 2.22. The van der Waals surface area contributed by atoms with Crippen LogP contribution in [0.1, 0.15) is 16.1 Å². The minimum Gasteiger partial charge on any atom is -0.495 e. The van der Waals surface area contributed by atoms with Gasteiger partial charge < -0.3 is 4.74 Å². The number of sulfonamides is 1. The summed E-state index contributed by atoms with van der Waals surface area (Å²) in [7, 11) is -2.36. The van der Waals surface area contributed by atoms with Crippen LogP contribution in [-0.2, 0) is 10.0 Å². The van der Waals surface area contributed by atoms with E-state index in [-0.39, 0.29) is 10.6 Å². The summed E-state index contributed by atoms with van der Waals surface area (Å²) in [6, 6.07) is 10.6. The second-order valence-electron chi connectivity index (χ2n) is 6.04. The molecular formula is C19H20N2O3S2. The summed E-state index contributed by atoms with van der Waals surface area (Å²) in [6.07, 6.45) is 0. The molecule has 0 spiro atoms. The molecule has 7 heteroatoms. The zero-order chi connectivity index (χ0) is 18.9. The van der Waals surface area contributed by atoms with Crippen molar-refractivity contribution in [2.24, 2.45) is 0 Å². The van der Waals surface area contributed by atoms with Crippen molar-refractivity contribution in [2.45, 2.75) is 25.7 Å². The molecule has 0 amide bonds. The quantitative estimate of drug-likeness (QED) is 0.696. The van der Waals surface area contributed by atoms with Crippen LogP contribution >= 0.6 is 11.3 Å². The number of methoxy groups -OCH3 is 1. The SMILES string of the molecule is COc1ccc(-c2csc(C)n2)cc1S(=O)(=O)Nc1ccc(C)cc1C. The fourth-order valence-electron chi connectivity index (χ4n) is 2.67. The van der Waals surface area contributed by atoms with Gasteiger partial charge in [-0.05, 0) is 50.6 Å². The van der Waals surface area contributed by atoms with Gasteiger partial charge in [0.1, 0.15) is 10.6 Å². The average Bonchev–Trinajstić information content (AvgIpc) is 3.03. The summed E-state index contributed by atoms with van der Waals surface area (Å²) in [5.41, 5.74) is 3.96. The van der Waals surface area contributed by atoms with Crippen LogP contribution in [0.25, 0.3) is 11.3 Å². The first-order valence-corrected chi connectivity index (χ1v) is 10.4. The molecule has 0 aliphatic heterocycles. The van der Waals surface area contributed by atoms with Crippen LogP contribution < -0.4 is 9.46 Å². The first kappa shape index (κ1) is 18.4. The van der Waals surface area contributed by atoms with Crippen molar-refractivity contribution in [1.29, 1.82) is 0 Å². The van der Waals surface area contributed by atoms with Crippen molar-refractivity contribution >= 4 is 27.0 Å². The number of aryl methyl sites for hydroxylation is 3. The lowest BCUT2D eigenvalue weighted by Gasteiger charge is -2.14. The highest BCUT2D eigenvalue weighted by Crippen LogP contribution is 2.32. The summed E-state index contributed by atoms with van der Waals surface area (Å²) in [5, 5.41) is 2.83. The Balaban J connectivity index is 2.05. The van der Waals surface area contributed by atoms with Crippen LogP contribution in [0.4, 0.5) is 5.69 Å². The minimum absolute atomic E-state index is 0.0862. The number of hydrogen-bond acceptors (Lipinski definition) is 5. The predicted molar refractivity (Wildman–Crippen MR) is 106 cm³/mol. The molecule has 1 N–H and O–H groups in total. The van der Waals surface area contributed by atoms with Gasteiger partial charge in [0, 0.05) is 10.9 Å². The Hall–Kier alpha value is -2.38. The van der Waals surface area contributed by atoms with Gasteiger partial charge in [0.15, 0.2) is 0 Å². The van der Waals surface area contributed by atoms with Gasteiger partial charge in [0.25, 0.3) is 10.0 Å². The first-order chi connectivity index (χ1) is 12.3. The van der Waals surface area contributed by atoms with E-state index in [1.807, 2.05) is 44.4 Å². The summed E-state index contributed by atoms with van der Waals surface area (Å²) < 4.78 is 33.9. The molecular weight excluding hydrogens is 368 g/mol. The van der Waals surface area contributed by atoms with Crippen LogP contribution in [0.2, 0.25) is 0 Å². The second-order valence-corrected chi connectivity index (χ2v) is 8.75. The fourth-order valence-corrected chi connectivity index (χ4v) is 4.62. The van der Waals surface area contributed by atoms with Gasteiger partial charge in [-0.15, -0.1) is 11.3 Å². The van der Waals surface area contributed by atoms with Gasteiger partial charge in [-0.1, -0.05) is 17.7 Å². The molecule has 0 saturated carbocycles. The summed E-state index contributed by atoms with van der Waals surface area (Å²) in [6.45, 7) is 5.75. The van der Waals surface area contributed by atoms with Crippen LogP contribution in [-0.4, -0.2) is 20.5 Å². The van der Waals surface area contributed by atoms with E-state index < -0.39 is 10.0 Å². The van der Waals surface area contributed by atoms with E-state index in [0.29, 0.717) is 5.69 Å². The van der Waals surface area contributed by atoms with Crippen molar-refractivity contribution in [3.63, 3.8) is 0 Å². The van der Waals surface area contributed by atoms with E-state index in [1.165, 1.54) is 18.4 Å². The van der Waals surface area contributed by atoms with Crippen molar-refractivity contribution in [3.8, 4) is 17.0 Å². The molecule has 5 nitrogen and oxygen atoms in total. The molecule has 26 heavy (non-hydrogen) atoms. The third kappa shape index (κ3) is 3.73. The predicted octanol–water partition coefficient (Wildman–Crippen LogP) is 4.54. The Morgan fingerprint density at radius 2 is 1.85 bits per heavy atom. The van der Waals surface area contributed by atoms with E-state index in [0.717, 1.165) is 27.4 Å². The number of benzene rings is 2. The Bertz CT molecular complexity index is 1060. The van der Waals surface area contributed by atoms with Gasteiger partial charge >= 0.3 is 0 Å². The summed E-state index contributed by atoms with van der Waals surface area (Å²) in [5.74, 6) is 0.290. The van der Waals surface area contributed by atoms with Gasteiger partial charge in [-0.25, -0.2) is 13.4 Å². The van der Waals surface area contributed by atoms with E-state index in [4.69, 9.17) is 4.74 Å². The molecule has 0 aliphatic rings. The van der Waals surface area contributed by atoms with Crippen LogP contribution in [0, 0.1) is 20.8 Å². The van der Waals surface area contributed by atoms with Crippen molar-refractivity contribution < 1.29 is 13.2 Å². The maximum atomic E-state index is 13.0. The third-order valence-corrected chi connectivity index (χ3v) is 6.15. The molecule has 1 heterocycles. The normalized spacial score (nSPS) is 11.4. The van der Waals surface area contributed by atoms with Crippen LogP contribution in [0.5, 0.6) is 5.75 Å². The topological polar surface area (TPSA) is 68.3 Å². The van der Waals surface area contributed by atoms with Crippen LogP contribution in [0.3, 0.4) is 0 Å². The Labute approximate surface area is 157 Å². The summed E-state index contributed by atoms with van der Waals surface area (Å²) >= 11 is 1.52. The van der Waals surface area contributed by atoms with Crippen LogP contribution in [0.15, 0.2) is 46.7 Å². The molecule has 1 aromatic heterocycles. The lowest BCUT2D eigenvalue weighted by atomic mass is 10.1. The maximum absolute atomic E-state index is 13.0. The van der Waals surface area contributed by atoms with Gasteiger partial charge in [-0.3, -0.25) is 4.72 Å². The van der Waals surface area contributed by atoms with Crippen molar-refractivity contribution in [3.05, 3.63) is 57.9 Å². The molecule has 0 atom stereocenters. The highest BCUT2D eigenvalue weighted by atomic mass is 32.2. The largest absolute Gasteiger partial charge is 0.495 e. The Morgan fingerprint density at radius 1 is 1.08 bits per heavy atom. The second kappa shape index (κ2) is 7.09. The third-order valence-electron chi connectivity index (χ3n) is 3.99. The van der Waals surface area contributed by atoms with E-state index in [1.54, 1.807) is 18.2 Å². The molecule has 3 aromatic rings. The molecule has 2 aromatic carbocycles. The number of rotatable bonds is 5. The standard InChI is InChI=1S/C19H20N2O3S2/c1-12-5-7-16(13(2)9-12)21-26(22,23)19-10-15(6-8-18(19)24-4)17-11-25-14(3)20-17/h5-11,21H,1-4H3. The lowest BCUT2D eigenvalue weighted by Crippen LogP contribution is -2.15. The number of ether oxygens (including phenoxy) is 1. The van der Waals surface area contributed by atoms with Gasteiger partial charge in [0.05, 0.1) is 23.5 Å². The zero-order valence-corrected chi connectivity index (χ0v) is 16.7. The summed E-state index contributed by atoms with van der Waals surface area (Å²) in [4.78, 5) is 4.52. The molecule has 0 saturated heterocycles. The highest BCUT2D eigenvalue weighted by molar-refractivity contribution is 7.92. The van der Waals surface area contributed by atoms with Gasteiger partial charge in [0.2, 0.25) is 0 Å². The van der Waals surface area contributed by atoms with E-state index >= 15 is 0 Å². The number of anilines is 1. The molecule has 0 unspecified atom stereocenters. The Kier molecular flexibility index (Phi) is 5.02. The zero-order valence-electron chi connectivity index (χ0n) is 15.0. The first-order valence-electron chi connectivity index (χ1n) is 8.01. The molecule has 0 fully saturated rings. The van der Waals surface area contributed by atoms with Crippen molar-refractivity contribution in [2.75, 3.05) is 11.8 Å².